The maximum absolute atomic E-state index is 12.1. The normalized spacial score (nSPS) is 17.0. The first-order valence-electron chi connectivity index (χ1n) is 9.40. The third-order valence-corrected chi connectivity index (χ3v) is 5.52. The molecule has 1 aromatic carbocycles. The number of carbonyl (C=O) groups is 4. The number of fused-ring (bicyclic) bond motifs is 1. The maximum Gasteiger partial charge on any atom is 0.333 e. The number of carbonyl (C=O) groups excluding carboxylic acids is 4. The lowest BCUT2D eigenvalue weighted by atomic mass is 10.2. The summed E-state index contributed by atoms with van der Waals surface area (Å²) >= 11 is 1.27. The number of rotatable bonds is 8. The minimum absolute atomic E-state index is 0.0477. The smallest absolute Gasteiger partial charge is 0.333 e. The number of benzene rings is 1. The van der Waals surface area contributed by atoms with Crippen LogP contribution in [0.3, 0.4) is 0 Å². The molecular formula is C20H22N2O7S. The lowest BCUT2D eigenvalue weighted by molar-refractivity contribution is -0.143. The second kappa shape index (κ2) is 10.1. The van der Waals surface area contributed by atoms with Crippen LogP contribution in [-0.2, 0) is 28.7 Å². The van der Waals surface area contributed by atoms with E-state index in [-0.39, 0.29) is 43.7 Å². The molecule has 0 aromatic heterocycles. The van der Waals surface area contributed by atoms with Gasteiger partial charge in [0.05, 0.1) is 42.7 Å². The summed E-state index contributed by atoms with van der Waals surface area (Å²) in [4.78, 5) is 50.5. The molecule has 1 aromatic rings. The molecule has 2 aliphatic heterocycles. The fourth-order valence-corrected chi connectivity index (χ4v) is 3.97. The second-order valence-corrected chi connectivity index (χ2v) is 7.46. The molecule has 0 spiro atoms. The summed E-state index contributed by atoms with van der Waals surface area (Å²) in [5.41, 5.74) is 0.636. The molecule has 0 bridgehead atoms. The zero-order chi connectivity index (χ0) is 21.5. The van der Waals surface area contributed by atoms with E-state index in [2.05, 4.69) is 4.74 Å². The maximum atomic E-state index is 12.1. The molecule has 1 saturated heterocycles. The van der Waals surface area contributed by atoms with Gasteiger partial charge in [-0.3, -0.25) is 14.4 Å². The molecule has 0 saturated carbocycles. The summed E-state index contributed by atoms with van der Waals surface area (Å²) in [6, 6.07) is 7.15. The molecule has 30 heavy (non-hydrogen) atoms. The predicted molar refractivity (Wildman–Crippen MR) is 109 cm³/mol. The van der Waals surface area contributed by atoms with Gasteiger partial charge in [0.15, 0.2) is 6.61 Å². The van der Waals surface area contributed by atoms with Gasteiger partial charge in [-0.25, -0.2) is 4.79 Å². The first kappa shape index (κ1) is 21.7. The fraction of sp³-hybridized carbons (Fsp3) is 0.400. The summed E-state index contributed by atoms with van der Waals surface area (Å²) in [6.45, 7) is 0.602. The fourth-order valence-electron chi connectivity index (χ4n) is 3.01. The standard InChI is InChI=1S/C20H22N2O7S/c1-27-20(26)11-18-22(17(24)13-30-18)8-4-10-28-19(25)7-9-21-14-5-2-3-6-15(14)29-12-16(21)23/h2-3,5-6,11H,4,7-10,12-13H2,1H3/b18-11+. The lowest BCUT2D eigenvalue weighted by Crippen LogP contribution is -2.40. The van der Waals surface area contributed by atoms with Crippen molar-refractivity contribution in [3.05, 3.63) is 35.4 Å². The Morgan fingerprint density at radius 3 is 2.77 bits per heavy atom. The van der Waals surface area contributed by atoms with Crippen LogP contribution in [0.4, 0.5) is 5.69 Å². The minimum Gasteiger partial charge on any atom is -0.482 e. The van der Waals surface area contributed by atoms with Gasteiger partial charge in [-0.1, -0.05) is 23.9 Å². The van der Waals surface area contributed by atoms with Crippen LogP contribution >= 0.6 is 11.8 Å². The summed E-state index contributed by atoms with van der Waals surface area (Å²) in [6.07, 6.45) is 1.75. The Morgan fingerprint density at radius 1 is 1.17 bits per heavy atom. The molecule has 1 fully saturated rings. The van der Waals surface area contributed by atoms with E-state index in [4.69, 9.17) is 9.47 Å². The Kier molecular flexibility index (Phi) is 7.34. The first-order chi connectivity index (χ1) is 14.5. The molecule has 0 atom stereocenters. The van der Waals surface area contributed by atoms with E-state index in [0.717, 1.165) is 0 Å². The summed E-state index contributed by atoms with van der Waals surface area (Å²) in [7, 11) is 1.27. The molecule has 2 aliphatic rings. The molecule has 0 N–H and O–H groups in total. The van der Waals surface area contributed by atoms with Crippen LogP contribution in [0.2, 0.25) is 0 Å². The Hall–Kier alpha value is -3.01. The van der Waals surface area contributed by atoms with Crippen molar-refractivity contribution >= 4 is 41.2 Å². The SMILES string of the molecule is COC(=O)/C=C1/SCC(=O)N1CCCOC(=O)CCN1C(=O)COc2ccccc21. The number of thioether (sulfide) groups is 1. The van der Waals surface area contributed by atoms with Crippen molar-refractivity contribution in [1.82, 2.24) is 4.90 Å². The lowest BCUT2D eigenvalue weighted by Gasteiger charge is -2.29. The molecule has 10 heteroatoms. The number of nitrogens with zero attached hydrogens (tertiary/aromatic N) is 2. The molecule has 0 radical (unpaired) electrons. The molecule has 2 heterocycles. The van der Waals surface area contributed by atoms with Crippen molar-refractivity contribution in [2.24, 2.45) is 0 Å². The van der Waals surface area contributed by atoms with Gasteiger partial charge in [0.1, 0.15) is 5.75 Å². The summed E-state index contributed by atoms with van der Waals surface area (Å²) in [5, 5.41) is 0.530. The zero-order valence-electron chi connectivity index (χ0n) is 16.5. The van der Waals surface area contributed by atoms with Gasteiger partial charge in [-0.05, 0) is 18.6 Å². The van der Waals surface area contributed by atoms with Crippen molar-refractivity contribution < 1.29 is 33.4 Å². The zero-order valence-corrected chi connectivity index (χ0v) is 17.3. The van der Waals surface area contributed by atoms with Crippen LogP contribution in [0.5, 0.6) is 5.75 Å². The summed E-state index contributed by atoms with van der Waals surface area (Å²) in [5.74, 6) is -0.406. The highest BCUT2D eigenvalue weighted by atomic mass is 32.2. The summed E-state index contributed by atoms with van der Waals surface area (Å²) < 4.78 is 15.2. The topological polar surface area (TPSA) is 102 Å². The van der Waals surface area contributed by atoms with Crippen molar-refractivity contribution in [3.8, 4) is 5.75 Å². The number of anilines is 1. The quantitative estimate of drug-likeness (QED) is 0.343. The Balaban J connectivity index is 1.42. The second-order valence-electron chi connectivity index (χ2n) is 6.47. The van der Waals surface area contributed by atoms with Gasteiger partial charge < -0.3 is 24.0 Å². The number of amides is 2. The van der Waals surface area contributed by atoms with E-state index in [9.17, 15) is 19.2 Å². The van der Waals surface area contributed by atoms with Crippen molar-refractivity contribution in [1.29, 1.82) is 0 Å². The monoisotopic (exact) mass is 434 g/mol. The van der Waals surface area contributed by atoms with Crippen LogP contribution in [0, 0.1) is 0 Å². The van der Waals surface area contributed by atoms with Gasteiger partial charge in [-0.2, -0.15) is 0 Å². The van der Waals surface area contributed by atoms with Gasteiger partial charge in [-0.15, -0.1) is 0 Å². The van der Waals surface area contributed by atoms with E-state index in [1.165, 1.54) is 34.7 Å². The van der Waals surface area contributed by atoms with Crippen molar-refractivity contribution in [3.63, 3.8) is 0 Å². The van der Waals surface area contributed by atoms with Crippen LogP contribution in [0.15, 0.2) is 35.4 Å². The molecular weight excluding hydrogens is 412 g/mol. The Morgan fingerprint density at radius 2 is 1.97 bits per heavy atom. The minimum atomic E-state index is -0.525. The number of ether oxygens (including phenoxy) is 3. The van der Waals surface area contributed by atoms with Gasteiger partial charge in [0.2, 0.25) is 5.91 Å². The average Bonchev–Trinajstić information content (AvgIpc) is 3.09. The molecule has 0 unspecified atom stereocenters. The highest BCUT2D eigenvalue weighted by Gasteiger charge is 2.27. The van der Waals surface area contributed by atoms with Crippen molar-refractivity contribution in [2.45, 2.75) is 12.8 Å². The number of para-hydroxylation sites is 2. The number of methoxy groups -OCH3 is 1. The number of hydrogen-bond acceptors (Lipinski definition) is 8. The molecule has 9 nitrogen and oxygen atoms in total. The van der Waals surface area contributed by atoms with Crippen LogP contribution < -0.4 is 9.64 Å². The van der Waals surface area contributed by atoms with E-state index in [1.54, 1.807) is 18.2 Å². The number of hydrogen-bond donors (Lipinski definition) is 0. The first-order valence-corrected chi connectivity index (χ1v) is 10.4. The van der Waals surface area contributed by atoms with Crippen LogP contribution in [0.1, 0.15) is 12.8 Å². The van der Waals surface area contributed by atoms with E-state index in [1.807, 2.05) is 6.07 Å². The predicted octanol–water partition coefficient (Wildman–Crippen LogP) is 1.33. The third-order valence-electron chi connectivity index (χ3n) is 4.49. The number of esters is 2. The molecule has 3 rings (SSSR count). The van der Waals surface area contributed by atoms with E-state index >= 15 is 0 Å². The Labute approximate surface area is 177 Å². The van der Waals surface area contributed by atoms with Crippen LogP contribution in [0.25, 0.3) is 0 Å². The Bertz CT molecular complexity index is 870. The largest absolute Gasteiger partial charge is 0.482 e. The molecule has 2 amide bonds. The third kappa shape index (κ3) is 5.32. The van der Waals surface area contributed by atoms with Gasteiger partial charge in [0.25, 0.3) is 5.91 Å². The molecule has 160 valence electrons. The van der Waals surface area contributed by atoms with E-state index < -0.39 is 11.9 Å². The van der Waals surface area contributed by atoms with Gasteiger partial charge in [0, 0.05) is 13.1 Å². The van der Waals surface area contributed by atoms with Crippen LogP contribution in [-0.4, -0.2) is 67.8 Å². The average molecular weight is 434 g/mol. The highest BCUT2D eigenvalue weighted by Crippen LogP contribution is 2.31. The van der Waals surface area contributed by atoms with E-state index in [0.29, 0.717) is 29.4 Å². The highest BCUT2D eigenvalue weighted by molar-refractivity contribution is 8.04. The van der Waals surface area contributed by atoms with Gasteiger partial charge >= 0.3 is 11.9 Å². The molecule has 0 aliphatic carbocycles. The van der Waals surface area contributed by atoms with Crippen molar-refractivity contribution in [2.75, 3.05) is 44.1 Å².